The normalized spacial score (nSPS) is 11.4. The fourth-order valence-electron chi connectivity index (χ4n) is 14.1. The molecule has 0 aliphatic carbocycles. The monoisotopic (exact) mass is 2080 g/mol. The lowest BCUT2D eigenvalue weighted by atomic mass is 9.91. The van der Waals surface area contributed by atoms with Gasteiger partial charge in [0, 0.05) is 12.8 Å². The highest BCUT2D eigenvalue weighted by molar-refractivity contribution is 5.93. The SMILES string of the molecule is Cc1cc(C)cc(C(=O)OCC(COC(=O)c2cc(C)cc(C)c2)(COC(=O)c2cc(OCCOCCOCCOCc3ccccc3)c(OCCOCCOCCOCc3ccccc3)c(OCCOCCOCCOC(=O)CCCN(C)C)c2)COC(=O)c2cc(OCCOCCOCCOCc3ccccc3)c(OCCOCCOCCOCc3ccccc3)c(OCCOCCOCCOC(=O)CCCN(C)C)c2)c1. The van der Waals surface area contributed by atoms with Crippen molar-refractivity contribution in [2.24, 2.45) is 5.41 Å². The molecule has 0 heterocycles. The number of ether oxygens (including phenoxy) is 28. The van der Waals surface area contributed by atoms with Crippen LogP contribution in [0.2, 0.25) is 0 Å². The molecule has 0 spiro atoms. The first-order valence-electron chi connectivity index (χ1n) is 50.7. The highest BCUT2D eigenvalue weighted by Crippen LogP contribution is 2.42. The molecule has 0 aliphatic rings. The molecule has 0 aliphatic heterocycles. The molecule has 36 heteroatoms. The summed E-state index contributed by atoms with van der Waals surface area (Å²) < 4.78 is 169. The summed E-state index contributed by atoms with van der Waals surface area (Å²) in [4.78, 5) is 89.1. The van der Waals surface area contributed by atoms with E-state index in [9.17, 15) is 19.2 Å². The number of benzene rings is 8. The van der Waals surface area contributed by atoms with E-state index in [1.165, 1.54) is 24.3 Å². The lowest BCUT2D eigenvalue weighted by Gasteiger charge is -2.32. The standard InChI is InChI=1S/C113H154N2O34/c1-89-71-90(2)74-97(73-89)109(118)146-85-113(86-147-110(119)98-75-91(3)72-92(4)76-98,87-148-111(120)99-77-101(138-63-55-126-39-35-122-47-51-134-81-93-23-13-9-14-24-93)107(144-69-61-132-41-37-124-49-53-136-83-95-27-17-11-18-28-95)103(79-99)140-65-57-128-43-45-130-59-67-142-105(116)31-21-33-114(5)6)88-149-112(121)100-78-102(139-64-56-127-40-36-123-48-52-135-82-94-25-15-10-16-26-94)108(145-70-62-133-42-38-125-50-54-137-84-96-29-19-12-20-30-96)104(80-100)141-66-58-129-44-46-131-60-68-143-106(117)32-22-34-115(7)8/h9-20,23-30,71-80H,21-22,31-70,81-88H2,1-8H3. The summed E-state index contributed by atoms with van der Waals surface area (Å²) in [5.74, 6) is -4.22. The van der Waals surface area contributed by atoms with E-state index in [2.05, 4.69) is 0 Å². The third-order valence-corrected chi connectivity index (χ3v) is 21.5. The second kappa shape index (κ2) is 77.1. The molecule has 0 radical (unpaired) electrons. The molecular weight excluding hydrogens is 1930 g/mol. The van der Waals surface area contributed by atoms with Gasteiger partial charge in [0.1, 0.15) is 84.7 Å². The Balaban J connectivity index is 1.09. The highest BCUT2D eigenvalue weighted by Gasteiger charge is 2.40. The first kappa shape index (κ1) is 123. The predicted octanol–water partition coefficient (Wildman–Crippen LogP) is 13.7. The third-order valence-electron chi connectivity index (χ3n) is 21.5. The summed E-state index contributed by atoms with van der Waals surface area (Å²) in [5, 5.41) is 0. The number of aryl methyl sites for hydroxylation is 4. The van der Waals surface area contributed by atoms with Crippen LogP contribution in [0.4, 0.5) is 0 Å². The lowest BCUT2D eigenvalue weighted by molar-refractivity contribution is -0.146. The summed E-state index contributed by atoms with van der Waals surface area (Å²) >= 11 is 0. The molecule has 149 heavy (non-hydrogen) atoms. The molecule has 0 saturated heterocycles. The second-order valence-corrected chi connectivity index (χ2v) is 35.0. The van der Waals surface area contributed by atoms with Crippen LogP contribution in [0.3, 0.4) is 0 Å². The number of hydrogen-bond acceptors (Lipinski definition) is 36. The molecule has 0 saturated carbocycles. The van der Waals surface area contributed by atoms with E-state index in [1.54, 1.807) is 24.3 Å². The van der Waals surface area contributed by atoms with Crippen LogP contribution >= 0.6 is 0 Å². The Labute approximate surface area is 876 Å². The van der Waals surface area contributed by atoms with Gasteiger partial charge in [0.15, 0.2) is 23.0 Å². The fourth-order valence-corrected chi connectivity index (χ4v) is 14.1. The van der Waals surface area contributed by atoms with Crippen LogP contribution in [0.25, 0.3) is 0 Å². The molecular formula is C113H154N2O34. The summed E-state index contributed by atoms with van der Waals surface area (Å²) in [6.45, 7) is 12.7. The number of rotatable bonds is 88. The van der Waals surface area contributed by atoms with Gasteiger partial charge in [-0.2, -0.15) is 0 Å². The molecule has 820 valence electrons. The quantitative estimate of drug-likeness (QED) is 0.0194. The maximum atomic E-state index is 15.6. The van der Waals surface area contributed by atoms with Gasteiger partial charge in [0.2, 0.25) is 11.5 Å². The van der Waals surface area contributed by atoms with E-state index in [4.69, 9.17) is 133 Å². The van der Waals surface area contributed by atoms with E-state index in [0.717, 1.165) is 57.6 Å². The molecule has 0 aromatic heterocycles. The number of carbonyl (C=O) groups is 6. The van der Waals surface area contributed by atoms with Crippen LogP contribution in [0.15, 0.2) is 182 Å². The van der Waals surface area contributed by atoms with Gasteiger partial charge < -0.3 is 142 Å². The summed E-state index contributed by atoms with van der Waals surface area (Å²) in [6.07, 6.45) is 1.89. The van der Waals surface area contributed by atoms with Gasteiger partial charge in [-0.25, -0.2) is 19.2 Å². The third kappa shape index (κ3) is 55.8. The van der Waals surface area contributed by atoms with Crippen molar-refractivity contribution in [3.05, 3.63) is 249 Å². The molecule has 36 nitrogen and oxygen atoms in total. The van der Waals surface area contributed by atoms with Gasteiger partial charge in [-0.15, -0.1) is 0 Å². The summed E-state index contributed by atoms with van der Waals surface area (Å²) in [6, 6.07) is 55.1. The molecule has 8 aromatic rings. The van der Waals surface area contributed by atoms with Crippen LogP contribution in [0.1, 0.15) is 112 Å². The topological polar surface area (TPSA) is 367 Å². The van der Waals surface area contributed by atoms with Gasteiger partial charge in [-0.05, 0) is 153 Å². The van der Waals surface area contributed by atoms with Gasteiger partial charge in [-0.1, -0.05) is 156 Å². The lowest BCUT2D eigenvalue weighted by Crippen LogP contribution is -2.44. The maximum absolute atomic E-state index is 15.6. The zero-order chi connectivity index (χ0) is 106. The minimum atomic E-state index is -1.97. The molecule has 0 bridgehead atoms. The average Bonchev–Trinajstić information content (AvgIpc) is 0.808. The maximum Gasteiger partial charge on any atom is 0.338 e. The molecule has 0 atom stereocenters. The molecule has 0 fully saturated rings. The van der Waals surface area contributed by atoms with Crippen molar-refractivity contribution >= 4 is 35.8 Å². The van der Waals surface area contributed by atoms with Gasteiger partial charge >= 0.3 is 35.8 Å². The van der Waals surface area contributed by atoms with E-state index in [-0.39, 0.29) is 267 Å². The Morgan fingerprint density at radius 2 is 0.416 bits per heavy atom. The molecule has 0 unspecified atom stereocenters. The average molecular weight is 2080 g/mol. The zero-order valence-corrected chi connectivity index (χ0v) is 88.0. The van der Waals surface area contributed by atoms with E-state index < -0.39 is 55.7 Å². The van der Waals surface area contributed by atoms with Gasteiger partial charge in [-0.3, -0.25) is 9.59 Å². The minimum absolute atomic E-state index is 0.000273. The van der Waals surface area contributed by atoms with Crippen molar-refractivity contribution in [2.45, 2.75) is 79.8 Å². The predicted molar refractivity (Wildman–Crippen MR) is 553 cm³/mol. The van der Waals surface area contributed by atoms with Crippen molar-refractivity contribution in [1.29, 1.82) is 0 Å². The molecule has 0 amide bonds. The van der Waals surface area contributed by atoms with Crippen LogP contribution in [-0.2, 0) is 140 Å². The smallest absolute Gasteiger partial charge is 0.338 e. The summed E-state index contributed by atoms with van der Waals surface area (Å²) in [7, 11) is 7.74. The van der Waals surface area contributed by atoms with Gasteiger partial charge in [0.05, 0.1) is 234 Å². The Kier molecular flexibility index (Phi) is 63.5. The Bertz CT molecular complexity index is 4620. The van der Waals surface area contributed by atoms with Gasteiger partial charge in [0.25, 0.3) is 0 Å². The van der Waals surface area contributed by atoms with Crippen molar-refractivity contribution in [3.63, 3.8) is 0 Å². The Morgan fingerprint density at radius 3 is 0.638 bits per heavy atom. The Hall–Kier alpha value is -11.3. The molecule has 8 aromatic carbocycles. The second-order valence-electron chi connectivity index (χ2n) is 35.0. The largest absolute Gasteiger partial charge is 0.487 e. The van der Waals surface area contributed by atoms with Crippen molar-refractivity contribution in [3.8, 4) is 34.5 Å². The van der Waals surface area contributed by atoms with Crippen molar-refractivity contribution < 1.29 is 161 Å². The number of hydrogen-bond donors (Lipinski definition) is 0. The fraction of sp³-hybridized carbons (Fsp3) is 0.522. The van der Waals surface area contributed by atoms with E-state index >= 15 is 9.59 Å². The minimum Gasteiger partial charge on any atom is -0.487 e. The van der Waals surface area contributed by atoms with Crippen molar-refractivity contribution in [2.75, 3.05) is 306 Å². The van der Waals surface area contributed by atoms with E-state index in [1.807, 2.05) is 199 Å². The zero-order valence-electron chi connectivity index (χ0n) is 88.0. The van der Waals surface area contributed by atoms with Crippen LogP contribution in [0, 0.1) is 33.1 Å². The highest BCUT2D eigenvalue weighted by atomic mass is 16.6. The van der Waals surface area contributed by atoms with Crippen molar-refractivity contribution in [1.82, 2.24) is 9.80 Å². The molecule has 0 N–H and O–H groups in total. The number of carbonyl (C=O) groups excluding carboxylic acids is 6. The van der Waals surface area contributed by atoms with Crippen LogP contribution in [0.5, 0.6) is 34.5 Å². The van der Waals surface area contributed by atoms with Crippen LogP contribution in [-0.4, -0.2) is 351 Å². The first-order chi connectivity index (χ1) is 72.8. The van der Waals surface area contributed by atoms with Crippen LogP contribution < -0.4 is 28.4 Å². The number of esters is 6. The molecule has 8 rings (SSSR count). The Morgan fingerprint density at radius 1 is 0.221 bits per heavy atom. The first-order valence-corrected chi connectivity index (χ1v) is 50.7. The van der Waals surface area contributed by atoms with E-state index in [0.29, 0.717) is 92.1 Å². The number of nitrogens with zero attached hydrogens (tertiary/aromatic N) is 2. The summed E-state index contributed by atoms with van der Waals surface area (Å²) in [5.41, 5.74) is 5.17.